The summed E-state index contributed by atoms with van der Waals surface area (Å²) >= 11 is 0. The van der Waals surface area contributed by atoms with Crippen LogP contribution in [0, 0.1) is 0 Å². The Morgan fingerprint density at radius 2 is 2.05 bits per heavy atom. The molecule has 0 aromatic carbocycles. The number of carbonyl (C=O) groups excluding carboxylic acids is 3. The summed E-state index contributed by atoms with van der Waals surface area (Å²) < 4.78 is 0. The quantitative estimate of drug-likeness (QED) is 0.690. The molecule has 6 nitrogen and oxygen atoms in total. The van der Waals surface area contributed by atoms with E-state index >= 15 is 0 Å². The van der Waals surface area contributed by atoms with Gasteiger partial charge in [-0.3, -0.25) is 19.3 Å². The molecule has 2 saturated heterocycles. The topological polar surface area (TPSA) is 78.5 Å². The fourth-order valence-electron chi connectivity index (χ4n) is 2.61. The molecule has 19 heavy (non-hydrogen) atoms. The minimum atomic E-state index is -0.162. The van der Waals surface area contributed by atoms with Crippen molar-refractivity contribution < 1.29 is 14.4 Å². The smallest absolute Gasteiger partial charge is 0.229 e. The Labute approximate surface area is 112 Å². The Balaban J connectivity index is 1.75. The molecule has 106 valence electrons. The van der Waals surface area contributed by atoms with Crippen LogP contribution in [-0.4, -0.2) is 47.8 Å². The average Bonchev–Trinajstić information content (AvgIpc) is 2.70. The molecule has 3 amide bonds. The molecular formula is C13H21N3O3. The molecule has 2 unspecified atom stereocenters. The van der Waals surface area contributed by atoms with E-state index in [0.717, 1.165) is 19.4 Å². The van der Waals surface area contributed by atoms with Crippen molar-refractivity contribution in [3.05, 3.63) is 0 Å². The van der Waals surface area contributed by atoms with Gasteiger partial charge in [0.05, 0.1) is 0 Å². The molecule has 6 heteroatoms. The van der Waals surface area contributed by atoms with E-state index in [1.807, 2.05) is 0 Å². The molecule has 0 aromatic heterocycles. The first-order valence-electron chi connectivity index (χ1n) is 6.94. The standard InChI is InChI=1S/C13H21N3O3/c1-9-10(3-2-7-14-9)15-11(17)6-8-16-12(18)4-5-13(16)19/h9-10,14H,2-8H2,1H3,(H,15,17). The predicted molar refractivity (Wildman–Crippen MR) is 69.2 cm³/mol. The van der Waals surface area contributed by atoms with Gasteiger partial charge in [-0.15, -0.1) is 0 Å². The van der Waals surface area contributed by atoms with Crippen LogP contribution >= 0.6 is 0 Å². The molecule has 0 spiro atoms. The van der Waals surface area contributed by atoms with Crippen molar-refractivity contribution in [2.75, 3.05) is 13.1 Å². The molecule has 0 bridgehead atoms. The van der Waals surface area contributed by atoms with Gasteiger partial charge >= 0.3 is 0 Å². The van der Waals surface area contributed by atoms with Crippen molar-refractivity contribution in [1.29, 1.82) is 0 Å². The predicted octanol–water partition coefficient (Wildman–Crippen LogP) is -0.218. The Kier molecular flexibility index (Phi) is 4.52. The molecule has 0 saturated carbocycles. The second kappa shape index (κ2) is 6.14. The Hall–Kier alpha value is -1.43. The van der Waals surface area contributed by atoms with Crippen LogP contribution in [0.25, 0.3) is 0 Å². The van der Waals surface area contributed by atoms with Crippen LogP contribution in [0.5, 0.6) is 0 Å². The van der Waals surface area contributed by atoms with Gasteiger partial charge in [-0.2, -0.15) is 0 Å². The lowest BCUT2D eigenvalue weighted by atomic mass is 10.00. The van der Waals surface area contributed by atoms with Crippen molar-refractivity contribution in [1.82, 2.24) is 15.5 Å². The fourth-order valence-corrected chi connectivity index (χ4v) is 2.61. The van der Waals surface area contributed by atoms with Crippen LogP contribution in [0.1, 0.15) is 39.0 Å². The highest BCUT2D eigenvalue weighted by Gasteiger charge is 2.29. The maximum absolute atomic E-state index is 11.8. The zero-order valence-electron chi connectivity index (χ0n) is 11.3. The van der Waals surface area contributed by atoms with Gasteiger partial charge in [0.25, 0.3) is 0 Å². The van der Waals surface area contributed by atoms with Crippen molar-refractivity contribution in [3.63, 3.8) is 0 Å². The molecule has 2 aliphatic rings. The van der Waals surface area contributed by atoms with Crippen LogP contribution in [0.4, 0.5) is 0 Å². The van der Waals surface area contributed by atoms with Gasteiger partial charge in [-0.1, -0.05) is 0 Å². The van der Waals surface area contributed by atoms with E-state index in [1.165, 1.54) is 4.90 Å². The second-order valence-corrected chi connectivity index (χ2v) is 5.25. The summed E-state index contributed by atoms with van der Waals surface area (Å²) in [6.45, 7) is 3.25. The lowest BCUT2D eigenvalue weighted by Crippen LogP contribution is -2.52. The van der Waals surface area contributed by atoms with Gasteiger partial charge in [0, 0.05) is 37.9 Å². The van der Waals surface area contributed by atoms with E-state index in [9.17, 15) is 14.4 Å². The van der Waals surface area contributed by atoms with E-state index < -0.39 is 0 Å². The van der Waals surface area contributed by atoms with Gasteiger partial charge in [0.1, 0.15) is 0 Å². The number of piperidine rings is 1. The van der Waals surface area contributed by atoms with Crippen molar-refractivity contribution >= 4 is 17.7 Å². The number of hydrogen-bond acceptors (Lipinski definition) is 4. The molecule has 2 rings (SSSR count). The number of amides is 3. The third kappa shape index (κ3) is 3.53. The molecule has 2 fully saturated rings. The summed E-state index contributed by atoms with van der Waals surface area (Å²) in [7, 11) is 0. The van der Waals surface area contributed by atoms with Crippen molar-refractivity contribution in [2.45, 2.75) is 51.1 Å². The highest BCUT2D eigenvalue weighted by Crippen LogP contribution is 2.12. The first kappa shape index (κ1) is 14.0. The minimum Gasteiger partial charge on any atom is -0.352 e. The number of nitrogens with one attached hydrogen (secondary N) is 2. The lowest BCUT2D eigenvalue weighted by Gasteiger charge is -2.30. The minimum absolute atomic E-state index is 0.0898. The van der Waals surface area contributed by atoms with E-state index in [1.54, 1.807) is 0 Å². The van der Waals surface area contributed by atoms with E-state index in [0.29, 0.717) is 0 Å². The number of likely N-dealkylation sites (tertiary alicyclic amines) is 1. The molecule has 0 aliphatic carbocycles. The monoisotopic (exact) mass is 267 g/mol. The van der Waals surface area contributed by atoms with Crippen molar-refractivity contribution in [3.8, 4) is 0 Å². The maximum atomic E-state index is 11.8. The first-order valence-corrected chi connectivity index (χ1v) is 6.94. The molecule has 2 aliphatic heterocycles. The van der Waals surface area contributed by atoms with Gasteiger partial charge in [0.2, 0.25) is 17.7 Å². The maximum Gasteiger partial charge on any atom is 0.229 e. The summed E-state index contributed by atoms with van der Waals surface area (Å²) in [5, 5.41) is 6.29. The van der Waals surface area contributed by atoms with Crippen molar-refractivity contribution in [2.24, 2.45) is 0 Å². The average molecular weight is 267 g/mol. The zero-order valence-corrected chi connectivity index (χ0v) is 11.3. The zero-order chi connectivity index (χ0) is 13.8. The fraction of sp³-hybridized carbons (Fsp3) is 0.769. The van der Waals surface area contributed by atoms with E-state index in [2.05, 4.69) is 17.6 Å². The van der Waals surface area contributed by atoms with Gasteiger partial charge < -0.3 is 10.6 Å². The lowest BCUT2D eigenvalue weighted by molar-refractivity contribution is -0.138. The summed E-state index contributed by atoms with van der Waals surface area (Å²) in [6, 6.07) is 0.416. The third-order valence-corrected chi connectivity index (χ3v) is 3.83. The van der Waals surface area contributed by atoms with E-state index in [4.69, 9.17) is 0 Å². The molecule has 2 atom stereocenters. The van der Waals surface area contributed by atoms with Crippen LogP contribution in [0.15, 0.2) is 0 Å². The van der Waals surface area contributed by atoms with Gasteiger partial charge in [0.15, 0.2) is 0 Å². The molecular weight excluding hydrogens is 246 g/mol. The number of carbonyl (C=O) groups is 3. The Morgan fingerprint density at radius 3 is 2.68 bits per heavy atom. The van der Waals surface area contributed by atoms with Crippen LogP contribution in [0.3, 0.4) is 0 Å². The summed E-state index contributed by atoms with van der Waals surface area (Å²) in [5.74, 6) is -0.413. The number of imide groups is 1. The van der Waals surface area contributed by atoms with Gasteiger partial charge in [-0.05, 0) is 26.3 Å². The third-order valence-electron chi connectivity index (χ3n) is 3.83. The van der Waals surface area contributed by atoms with E-state index in [-0.39, 0.29) is 55.6 Å². The molecule has 0 aromatic rings. The van der Waals surface area contributed by atoms with Crippen LogP contribution < -0.4 is 10.6 Å². The molecule has 0 radical (unpaired) electrons. The Bertz CT molecular complexity index is 367. The SMILES string of the molecule is CC1NCCCC1NC(=O)CCN1C(=O)CCC1=O. The number of nitrogens with zero attached hydrogens (tertiary/aromatic N) is 1. The summed E-state index contributed by atoms with van der Waals surface area (Å²) in [4.78, 5) is 35.8. The highest BCUT2D eigenvalue weighted by atomic mass is 16.2. The first-order chi connectivity index (χ1) is 9.08. The number of rotatable bonds is 4. The van der Waals surface area contributed by atoms with Gasteiger partial charge in [-0.25, -0.2) is 0 Å². The Morgan fingerprint density at radius 1 is 1.37 bits per heavy atom. The summed E-state index contributed by atoms with van der Waals surface area (Å²) in [6.07, 6.45) is 2.79. The largest absolute Gasteiger partial charge is 0.352 e. The second-order valence-electron chi connectivity index (χ2n) is 5.25. The normalized spacial score (nSPS) is 27.7. The number of hydrogen-bond donors (Lipinski definition) is 2. The summed E-state index contributed by atoms with van der Waals surface area (Å²) in [5.41, 5.74) is 0. The highest BCUT2D eigenvalue weighted by molar-refractivity contribution is 6.02. The van der Waals surface area contributed by atoms with Crippen LogP contribution in [0.2, 0.25) is 0 Å². The van der Waals surface area contributed by atoms with Crippen LogP contribution in [-0.2, 0) is 14.4 Å². The molecule has 2 heterocycles. The molecule has 2 N–H and O–H groups in total.